The van der Waals surface area contributed by atoms with Gasteiger partial charge in [0.25, 0.3) is 0 Å². The maximum atomic E-state index is 11.3. The fourth-order valence-corrected chi connectivity index (χ4v) is 2.08. The number of ether oxygens (including phenoxy) is 2. The highest BCUT2D eigenvalue weighted by Gasteiger charge is 2.24. The zero-order chi connectivity index (χ0) is 15.5. The van der Waals surface area contributed by atoms with Gasteiger partial charge in [-0.2, -0.15) is 9.38 Å². The summed E-state index contributed by atoms with van der Waals surface area (Å²) in [5.41, 5.74) is 0.454. The van der Waals surface area contributed by atoms with Gasteiger partial charge in [-0.15, -0.1) is 0 Å². The molecule has 112 valence electrons. The van der Waals surface area contributed by atoms with E-state index in [0.717, 1.165) is 0 Å². The molecule has 0 saturated carbocycles. The minimum Gasteiger partial charge on any atom is -0.494 e. The summed E-state index contributed by atoms with van der Waals surface area (Å²) in [5.74, 6) is 0.916. The van der Waals surface area contributed by atoms with E-state index >= 15 is 0 Å². The van der Waals surface area contributed by atoms with Crippen molar-refractivity contribution in [3.8, 4) is 17.4 Å². The third-order valence-electron chi connectivity index (χ3n) is 3.00. The molecule has 22 heavy (non-hydrogen) atoms. The van der Waals surface area contributed by atoms with Crippen molar-refractivity contribution in [2.24, 2.45) is 0 Å². The van der Waals surface area contributed by atoms with Crippen molar-refractivity contribution >= 4 is 11.5 Å². The second-order valence-electron chi connectivity index (χ2n) is 4.43. The number of pyridine rings is 1. The number of nitrogens with zero attached hydrogens (tertiary/aromatic N) is 3. The first-order valence-electron chi connectivity index (χ1n) is 6.71. The van der Waals surface area contributed by atoms with Gasteiger partial charge in [-0.3, -0.25) is 0 Å². The van der Waals surface area contributed by atoms with E-state index in [2.05, 4.69) is 4.98 Å². The van der Waals surface area contributed by atoms with Crippen LogP contribution in [0.5, 0.6) is 17.4 Å². The third kappa shape index (κ3) is 2.56. The molecule has 2 heterocycles. The smallest absolute Gasteiger partial charge is 0.392 e. The van der Waals surface area contributed by atoms with E-state index in [-0.39, 0.29) is 11.7 Å². The van der Waals surface area contributed by atoms with Crippen LogP contribution in [-0.4, -0.2) is 20.9 Å². The Morgan fingerprint density at radius 2 is 1.91 bits per heavy atom. The van der Waals surface area contributed by atoms with Crippen LogP contribution in [0.1, 0.15) is 6.92 Å². The van der Waals surface area contributed by atoms with Gasteiger partial charge < -0.3 is 19.6 Å². The van der Waals surface area contributed by atoms with Crippen LogP contribution in [0.3, 0.4) is 0 Å². The van der Waals surface area contributed by atoms with Gasteiger partial charge in [-0.1, -0.05) is 6.07 Å². The van der Waals surface area contributed by atoms with E-state index in [9.17, 15) is 10.1 Å². The molecule has 3 rings (SSSR count). The van der Waals surface area contributed by atoms with Crippen molar-refractivity contribution in [2.45, 2.75) is 6.92 Å². The number of fused-ring (bicyclic) bond motifs is 1. The first-order valence-corrected chi connectivity index (χ1v) is 6.71. The Balaban J connectivity index is 1.96. The van der Waals surface area contributed by atoms with Crippen LogP contribution in [0.4, 0.5) is 5.82 Å². The largest absolute Gasteiger partial charge is 0.494 e. The molecule has 0 amide bonds. The average Bonchev–Trinajstić information content (AvgIpc) is 2.87. The Labute approximate surface area is 125 Å². The summed E-state index contributed by atoms with van der Waals surface area (Å²) in [5, 5.41) is 11.3. The van der Waals surface area contributed by atoms with Crippen LogP contribution in [0, 0.1) is 10.1 Å². The third-order valence-corrected chi connectivity index (χ3v) is 3.00. The van der Waals surface area contributed by atoms with Crippen LogP contribution in [0.2, 0.25) is 0 Å². The lowest BCUT2D eigenvalue weighted by molar-refractivity contribution is -0.391. The fraction of sp³-hybridized carbons (Fsp3) is 0.133. The van der Waals surface area contributed by atoms with Crippen molar-refractivity contribution in [3.05, 3.63) is 58.8 Å². The molecule has 7 nitrogen and oxygen atoms in total. The molecular weight excluding hydrogens is 286 g/mol. The first-order chi connectivity index (χ1) is 10.7. The predicted molar refractivity (Wildman–Crippen MR) is 79.5 cm³/mol. The van der Waals surface area contributed by atoms with Gasteiger partial charge in [-0.25, -0.2) is 0 Å². The maximum absolute atomic E-state index is 11.3. The summed E-state index contributed by atoms with van der Waals surface area (Å²) in [6, 6.07) is 12.0. The number of imidazole rings is 1. The molecular formula is C15H13N3O4. The van der Waals surface area contributed by atoms with Crippen molar-refractivity contribution in [2.75, 3.05) is 6.61 Å². The van der Waals surface area contributed by atoms with E-state index in [1.54, 1.807) is 48.7 Å². The summed E-state index contributed by atoms with van der Waals surface area (Å²) < 4.78 is 12.3. The summed E-state index contributed by atoms with van der Waals surface area (Å²) in [4.78, 5) is 14.9. The lowest BCUT2D eigenvalue weighted by Crippen LogP contribution is -1.96. The van der Waals surface area contributed by atoms with Gasteiger partial charge in [0.1, 0.15) is 11.5 Å². The lowest BCUT2D eigenvalue weighted by atomic mass is 10.3. The Morgan fingerprint density at radius 3 is 2.59 bits per heavy atom. The van der Waals surface area contributed by atoms with Crippen LogP contribution in [0.15, 0.2) is 48.7 Å². The fourth-order valence-electron chi connectivity index (χ4n) is 2.08. The highest BCUT2D eigenvalue weighted by molar-refractivity contribution is 5.53. The predicted octanol–water partition coefficient (Wildman–Crippen LogP) is 3.43. The molecule has 0 atom stereocenters. The SMILES string of the molecule is CCOc1ccc(Oc2nc3ccccn3c2[N+](=O)[O-])cc1. The number of rotatable bonds is 5. The minimum absolute atomic E-state index is 0.0413. The second kappa shape index (κ2) is 5.72. The van der Waals surface area contributed by atoms with Crippen LogP contribution >= 0.6 is 0 Å². The Bertz CT molecular complexity index is 811. The van der Waals surface area contributed by atoms with Gasteiger partial charge in [0.2, 0.25) is 5.65 Å². The number of hydrogen-bond acceptors (Lipinski definition) is 5. The Kier molecular flexibility index (Phi) is 3.61. The Morgan fingerprint density at radius 1 is 1.18 bits per heavy atom. The van der Waals surface area contributed by atoms with E-state index in [1.807, 2.05) is 6.92 Å². The summed E-state index contributed by atoms with van der Waals surface area (Å²) >= 11 is 0. The highest BCUT2D eigenvalue weighted by atomic mass is 16.6. The molecule has 0 aliphatic carbocycles. The minimum atomic E-state index is -0.510. The van der Waals surface area contributed by atoms with E-state index in [0.29, 0.717) is 23.8 Å². The zero-order valence-corrected chi connectivity index (χ0v) is 11.8. The van der Waals surface area contributed by atoms with Crippen LogP contribution in [0.25, 0.3) is 5.65 Å². The molecule has 0 spiro atoms. The van der Waals surface area contributed by atoms with Gasteiger partial charge in [0, 0.05) is 6.07 Å². The molecule has 0 aliphatic rings. The first kappa shape index (κ1) is 13.9. The molecule has 0 bridgehead atoms. The van der Waals surface area contributed by atoms with E-state index in [4.69, 9.17) is 9.47 Å². The van der Waals surface area contributed by atoms with Crippen molar-refractivity contribution in [1.82, 2.24) is 9.38 Å². The lowest BCUT2D eigenvalue weighted by Gasteiger charge is -2.05. The molecule has 2 aromatic heterocycles. The van der Waals surface area contributed by atoms with Crippen LogP contribution < -0.4 is 9.47 Å². The second-order valence-corrected chi connectivity index (χ2v) is 4.43. The van der Waals surface area contributed by atoms with E-state index in [1.165, 1.54) is 4.40 Å². The Hall–Kier alpha value is -3.09. The normalized spacial score (nSPS) is 10.6. The van der Waals surface area contributed by atoms with Crippen molar-refractivity contribution < 1.29 is 14.4 Å². The number of hydrogen-bond donors (Lipinski definition) is 0. The molecule has 0 N–H and O–H groups in total. The topological polar surface area (TPSA) is 78.9 Å². The molecule has 1 aromatic carbocycles. The van der Waals surface area contributed by atoms with E-state index < -0.39 is 4.92 Å². The summed E-state index contributed by atoms with van der Waals surface area (Å²) in [7, 11) is 0. The number of benzene rings is 1. The zero-order valence-electron chi connectivity index (χ0n) is 11.8. The molecule has 0 aliphatic heterocycles. The van der Waals surface area contributed by atoms with Gasteiger partial charge in [-0.05, 0) is 42.2 Å². The summed E-state index contributed by atoms with van der Waals surface area (Å²) in [6.45, 7) is 2.46. The standard InChI is InChI=1S/C15H13N3O4/c1-2-21-11-6-8-12(9-7-11)22-14-15(18(19)20)17-10-4-3-5-13(17)16-14/h3-10H,2H2,1H3. The molecule has 0 fully saturated rings. The van der Waals surface area contributed by atoms with Gasteiger partial charge in [0.15, 0.2) is 0 Å². The molecule has 0 radical (unpaired) electrons. The van der Waals surface area contributed by atoms with Gasteiger partial charge >= 0.3 is 11.7 Å². The molecule has 0 unspecified atom stereocenters. The summed E-state index contributed by atoms with van der Waals surface area (Å²) in [6.07, 6.45) is 1.57. The number of nitro groups is 1. The van der Waals surface area contributed by atoms with Crippen molar-refractivity contribution in [1.29, 1.82) is 0 Å². The highest BCUT2D eigenvalue weighted by Crippen LogP contribution is 2.32. The monoisotopic (exact) mass is 299 g/mol. The van der Waals surface area contributed by atoms with Gasteiger partial charge in [0.05, 0.1) is 12.8 Å². The molecule has 3 aromatic rings. The van der Waals surface area contributed by atoms with Crippen molar-refractivity contribution in [3.63, 3.8) is 0 Å². The van der Waals surface area contributed by atoms with Crippen LogP contribution in [-0.2, 0) is 0 Å². The quantitative estimate of drug-likeness (QED) is 0.532. The maximum Gasteiger partial charge on any atom is 0.392 e. The number of aromatic nitrogens is 2. The average molecular weight is 299 g/mol. The molecule has 7 heteroatoms. The molecule has 0 saturated heterocycles.